The molecule has 5 rings (SSSR count). The van der Waals surface area contributed by atoms with Gasteiger partial charge in [-0.1, -0.05) is 12.1 Å². The van der Waals surface area contributed by atoms with E-state index in [1.807, 2.05) is 0 Å². The van der Waals surface area contributed by atoms with Crippen molar-refractivity contribution in [1.29, 1.82) is 0 Å². The highest BCUT2D eigenvalue weighted by molar-refractivity contribution is 5.81. The van der Waals surface area contributed by atoms with Crippen LogP contribution in [0.15, 0.2) is 24.3 Å². The summed E-state index contributed by atoms with van der Waals surface area (Å²) in [4.78, 5) is 23.3. The fourth-order valence-corrected chi connectivity index (χ4v) is 5.58. The number of amides is 1. The van der Waals surface area contributed by atoms with Gasteiger partial charge in [0.1, 0.15) is 0 Å². The Morgan fingerprint density at radius 3 is 2.32 bits per heavy atom. The van der Waals surface area contributed by atoms with Gasteiger partial charge in [0.2, 0.25) is 0 Å². The van der Waals surface area contributed by atoms with E-state index in [4.69, 9.17) is 4.74 Å². The number of carbonyl (C=O) groups is 1. The number of ether oxygens (including phenoxy) is 1. The van der Waals surface area contributed by atoms with E-state index in [9.17, 15) is 14.9 Å². The van der Waals surface area contributed by atoms with E-state index in [0.29, 0.717) is 0 Å². The summed E-state index contributed by atoms with van der Waals surface area (Å²) in [7, 11) is 0. The van der Waals surface area contributed by atoms with Crippen LogP contribution in [0.3, 0.4) is 0 Å². The molecule has 0 heterocycles. The lowest BCUT2D eigenvalue weighted by Crippen LogP contribution is -2.61. The molecule has 4 saturated carbocycles. The Balaban J connectivity index is 1.44. The van der Waals surface area contributed by atoms with Gasteiger partial charge < -0.3 is 10.1 Å². The molecule has 6 heteroatoms. The van der Waals surface area contributed by atoms with Crippen molar-refractivity contribution >= 4 is 11.6 Å². The normalized spacial score (nSPS) is 33.7. The second-order valence-electron chi connectivity index (χ2n) is 8.17. The van der Waals surface area contributed by atoms with E-state index in [2.05, 4.69) is 5.32 Å². The number of nitrogens with zero attached hydrogens (tertiary/aromatic N) is 1. The highest BCUT2D eigenvalue weighted by atomic mass is 16.6. The first-order chi connectivity index (χ1) is 11.9. The molecule has 25 heavy (non-hydrogen) atoms. The maximum atomic E-state index is 12.7. The first kappa shape index (κ1) is 16.4. The van der Waals surface area contributed by atoms with Crippen LogP contribution in [-0.2, 0) is 4.79 Å². The van der Waals surface area contributed by atoms with E-state index in [-0.39, 0.29) is 22.9 Å². The lowest BCUT2D eigenvalue weighted by Gasteiger charge is -2.57. The largest absolute Gasteiger partial charge is 0.474 e. The predicted octanol–water partition coefficient (Wildman–Crippen LogP) is 3.45. The van der Waals surface area contributed by atoms with Crippen molar-refractivity contribution < 1.29 is 14.5 Å². The quantitative estimate of drug-likeness (QED) is 0.655. The molecule has 1 amide bonds. The molecule has 0 spiro atoms. The molecule has 134 valence electrons. The first-order valence-corrected chi connectivity index (χ1v) is 9.16. The van der Waals surface area contributed by atoms with Crippen LogP contribution in [0.1, 0.15) is 45.4 Å². The number of para-hydroxylation sites is 2. The van der Waals surface area contributed by atoms with Crippen LogP contribution in [0.2, 0.25) is 0 Å². The Labute approximate surface area is 147 Å². The molecule has 1 unspecified atom stereocenters. The minimum Gasteiger partial charge on any atom is -0.474 e. The van der Waals surface area contributed by atoms with Crippen LogP contribution in [0.5, 0.6) is 5.75 Å². The molecule has 1 N–H and O–H groups in total. The summed E-state index contributed by atoms with van der Waals surface area (Å²) in [5.74, 6) is 2.22. The summed E-state index contributed by atoms with van der Waals surface area (Å²) in [6, 6.07) is 6.18. The molecule has 1 aromatic rings. The molecule has 0 aromatic heterocycles. The van der Waals surface area contributed by atoms with Gasteiger partial charge in [-0.15, -0.1) is 0 Å². The molecule has 0 saturated heterocycles. The van der Waals surface area contributed by atoms with Gasteiger partial charge >= 0.3 is 5.69 Å². The standard InChI is InChI=1S/C19H24N2O4/c1-12(25-17-5-3-2-4-16(17)21(23)24)18(22)20-19-9-13-6-14(10-19)8-15(7-13)11-19/h2-5,12-15H,6-11H2,1H3,(H,20,22). The van der Waals surface area contributed by atoms with E-state index in [0.717, 1.165) is 37.0 Å². The SMILES string of the molecule is CC(Oc1ccccc1[N+](=O)[O-])C(=O)NC12CC3CC(CC(C3)C1)C2. The highest BCUT2D eigenvalue weighted by Crippen LogP contribution is 2.55. The van der Waals surface area contributed by atoms with Crippen LogP contribution in [0.4, 0.5) is 5.69 Å². The van der Waals surface area contributed by atoms with Gasteiger partial charge in [0.25, 0.3) is 5.91 Å². The van der Waals surface area contributed by atoms with Gasteiger partial charge in [-0.3, -0.25) is 14.9 Å². The fraction of sp³-hybridized carbons (Fsp3) is 0.632. The van der Waals surface area contributed by atoms with Crippen molar-refractivity contribution in [2.45, 2.75) is 57.1 Å². The Morgan fingerprint density at radius 2 is 1.76 bits per heavy atom. The lowest BCUT2D eigenvalue weighted by molar-refractivity contribution is -0.386. The second kappa shape index (κ2) is 6.00. The van der Waals surface area contributed by atoms with Crippen LogP contribution >= 0.6 is 0 Å². The number of rotatable bonds is 5. The first-order valence-electron chi connectivity index (χ1n) is 9.16. The number of benzene rings is 1. The minimum absolute atomic E-state index is 0.0773. The summed E-state index contributed by atoms with van der Waals surface area (Å²) >= 11 is 0. The fourth-order valence-electron chi connectivity index (χ4n) is 5.58. The topological polar surface area (TPSA) is 81.5 Å². The zero-order valence-electron chi connectivity index (χ0n) is 14.4. The van der Waals surface area contributed by atoms with Gasteiger partial charge in [-0.05, 0) is 69.3 Å². The predicted molar refractivity (Wildman–Crippen MR) is 92.2 cm³/mol. The van der Waals surface area contributed by atoms with E-state index in [1.54, 1.807) is 19.1 Å². The van der Waals surface area contributed by atoms with Gasteiger partial charge in [0.15, 0.2) is 11.9 Å². The molecule has 4 aliphatic rings. The van der Waals surface area contributed by atoms with Crippen molar-refractivity contribution in [2.75, 3.05) is 0 Å². The Hall–Kier alpha value is -2.11. The van der Waals surface area contributed by atoms with Gasteiger partial charge in [-0.2, -0.15) is 0 Å². The number of nitrogens with one attached hydrogen (secondary N) is 1. The van der Waals surface area contributed by atoms with Crippen LogP contribution in [-0.4, -0.2) is 22.5 Å². The molecule has 1 atom stereocenters. The average molecular weight is 344 g/mol. The van der Waals surface area contributed by atoms with Crippen LogP contribution in [0, 0.1) is 27.9 Å². The number of nitro groups is 1. The van der Waals surface area contributed by atoms with Crippen molar-refractivity contribution in [2.24, 2.45) is 17.8 Å². The molecule has 0 aliphatic heterocycles. The zero-order chi connectivity index (χ0) is 17.6. The molecular weight excluding hydrogens is 320 g/mol. The van der Waals surface area contributed by atoms with E-state index >= 15 is 0 Å². The van der Waals surface area contributed by atoms with Crippen molar-refractivity contribution in [3.8, 4) is 5.75 Å². The zero-order valence-corrected chi connectivity index (χ0v) is 14.4. The Morgan fingerprint density at radius 1 is 1.20 bits per heavy atom. The third-order valence-corrected chi connectivity index (χ3v) is 6.16. The monoisotopic (exact) mass is 344 g/mol. The number of nitro benzene ring substituents is 1. The molecule has 1 aromatic carbocycles. The van der Waals surface area contributed by atoms with Crippen LogP contribution in [0.25, 0.3) is 0 Å². The number of carbonyl (C=O) groups excluding carboxylic acids is 1. The third kappa shape index (κ3) is 3.10. The van der Waals surface area contributed by atoms with E-state index < -0.39 is 11.0 Å². The van der Waals surface area contributed by atoms with Crippen molar-refractivity contribution in [3.05, 3.63) is 34.4 Å². The minimum atomic E-state index is -0.755. The van der Waals surface area contributed by atoms with Crippen molar-refractivity contribution in [3.63, 3.8) is 0 Å². The summed E-state index contributed by atoms with van der Waals surface area (Å²) in [6.45, 7) is 1.66. The molecule has 6 nitrogen and oxygen atoms in total. The summed E-state index contributed by atoms with van der Waals surface area (Å²) in [5, 5.41) is 14.4. The Kier molecular flexibility index (Phi) is 3.93. The third-order valence-electron chi connectivity index (χ3n) is 6.16. The molecule has 4 bridgehead atoms. The summed E-state index contributed by atoms with van der Waals surface area (Å²) < 4.78 is 5.63. The molecule has 4 aliphatic carbocycles. The number of hydrogen-bond donors (Lipinski definition) is 1. The van der Waals surface area contributed by atoms with E-state index in [1.165, 1.54) is 31.4 Å². The molecule has 4 fully saturated rings. The van der Waals surface area contributed by atoms with Gasteiger partial charge in [0.05, 0.1) is 4.92 Å². The average Bonchev–Trinajstić information content (AvgIpc) is 2.53. The maximum Gasteiger partial charge on any atom is 0.310 e. The van der Waals surface area contributed by atoms with Crippen LogP contribution < -0.4 is 10.1 Å². The smallest absolute Gasteiger partial charge is 0.310 e. The highest BCUT2D eigenvalue weighted by Gasteiger charge is 2.51. The Bertz CT molecular complexity index is 667. The lowest BCUT2D eigenvalue weighted by atomic mass is 9.53. The number of hydrogen-bond acceptors (Lipinski definition) is 4. The maximum absolute atomic E-state index is 12.7. The van der Waals surface area contributed by atoms with Gasteiger partial charge in [-0.25, -0.2) is 0 Å². The molecular formula is C19H24N2O4. The second-order valence-corrected chi connectivity index (χ2v) is 8.17. The van der Waals surface area contributed by atoms with Gasteiger partial charge in [0, 0.05) is 11.6 Å². The summed E-state index contributed by atoms with van der Waals surface area (Å²) in [6.07, 6.45) is 6.41. The van der Waals surface area contributed by atoms with Crippen molar-refractivity contribution in [1.82, 2.24) is 5.32 Å². The summed E-state index contributed by atoms with van der Waals surface area (Å²) in [5.41, 5.74) is -0.191. The molecule has 0 radical (unpaired) electrons.